The number of anilines is 1. The number of aliphatic carboxylic acids is 1. The van der Waals surface area contributed by atoms with Crippen molar-refractivity contribution in [3.63, 3.8) is 0 Å². The van der Waals surface area contributed by atoms with Crippen LogP contribution in [0.5, 0.6) is 0 Å². The fourth-order valence-electron chi connectivity index (χ4n) is 1.74. The molecule has 0 aromatic heterocycles. The van der Waals surface area contributed by atoms with Crippen molar-refractivity contribution in [3.05, 3.63) is 26.6 Å². The van der Waals surface area contributed by atoms with Crippen LogP contribution >= 0.6 is 31.9 Å². The average Bonchev–Trinajstić information content (AvgIpc) is 2.34. The van der Waals surface area contributed by atoms with Crippen molar-refractivity contribution in [2.45, 2.75) is 38.8 Å². The van der Waals surface area contributed by atoms with Gasteiger partial charge in [0.1, 0.15) is 6.04 Å². The van der Waals surface area contributed by atoms with Gasteiger partial charge in [0.25, 0.3) is 0 Å². The second-order valence-electron chi connectivity index (χ2n) is 4.37. The molecule has 1 unspecified atom stereocenters. The molecule has 0 aliphatic carbocycles. The Kier molecular flexibility index (Phi) is 6.82. The van der Waals surface area contributed by atoms with Crippen LogP contribution in [0.1, 0.15) is 31.7 Å². The third kappa shape index (κ3) is 5.12. The standard InChI is InChI=1S/C13H18Br2N2O2/c1-2-3-4-11(13(18)19)17-7-8-5-9(14)6-10(15)12(8)16/h5-6,11,17H,2-4,7,16H2,1H3,(H,18,19). The van der Waals surface area contributed by atoms with E-state index in [4.69, 9.17) is 10.8 Å². The molecule has 0 saturated carbocycles. The molecule has 19 heavy (non-hydrogen) atoms. The van der Waals surface area contributed by atoms with Gasteiger partial charge in [-0.05, 0) is 40.0 Å². The number of nitrogens with one attached hydrogen (secondary N) is 1. The molecule has 1 atom stereocenters. The topological polar surface area (TPSA) is 75.3 Å². The average molecular weight is 394 g/mol. The molecule has 6 heteroatoms. The first kappa shape index (κ1) is 16.5. The van der Waals surface area contributed by atoms with Crippen LogP contribution in [-0.4, -0.2) is 17.1 Å². The molecular formula is C13H18Br2N2O2. The third-order valence-corrected chi connectivity index (χ3v) is 3.98. The molecule has 1 rings (SSSR count). The fraction of sp³-hybridized carbons (Fsp3) is 0.462. The highest BCUT2D eigenvalue weighted by Crippen LogP contribution is 2.28. The van der Waals surface area contributed by atoms with Crippen LogP contribution in [0.2, 0.25) is 0 Å². The summed E-state index contributed by atoms with van der Waals surface area (Å²) < 4.78 is 1.71. The maximum Gasteiger partial charge on any atom is 0.320 e. The highest BCUT2D eigenvalue weighted by Gasteiger charge is 2.16. The summed E-state index contributed by atoms with van der Waals surface area (Å²) in [5.74, 6) is -0.818. The van der Waals surface area contributed by atoms with Gasteiger partial charge >= 0.3 is 5.97 Å². The van der Waals surface area contributed by atoms with E-state index in [1.165, 1.54) is 0 Å². The lowest BCUT2D eigenvalue weighted by atomic mass is 10.1. The van der Waals surface area contributed by atoms with Gasteiger partial charge in [-0.3, -0.25) is 4.79 Å². The van der Waals surface area contributed by atoms with Gasteiger partial charge in [0, 0.05) is 15.5 Å². The Morgan fingerprint density at radius 3 is 2.74 bits per heavy atom. The highest BCUT2D eigenvalue weighted by atomic mass is 79.9. The molecule has 0 aliphatic heterocycles. The number of hydrogen-bond donors (Lipinski definition) is 3. The van der Waals surface area contributed by atoms with E-state index in [0.29, 0.717) is 18.7 Å². The summed E-state index contributed by atoms with van der Waals surface area (Å²) in [6.45, 7) is 2.48. The van der Waals surface area contributed by atoms with Crippen LogP contribution in [0.25, 0.3) is 0 Å². The van der Waals surface area contributed by atoms with Gasteiger partial charge in [-0.25, -0.2) is 0 Å². The third-order valence-electron chi connectivity index (χ3n) is 2.86. The summed E-state index contributed by atoms with van der Waals surface area (Å²) in [6, 6.07) is 3.23. The molecule has 0 heterocycles. The molecule has 0 bridgehead atoms. The number of rotatable bonds is 7. The lowest BCUT2D eigenvalue weighted by molar-refractivity contribution is -0.139. The Balaban J connectivity index is 2.71. The molecule has 1 aromatic carbocycles. The number of carboxylic acids is 1. The highest BCUT2D eigenvalue weighted by molar-refractivity contribution is 9.11. The number of hydrogen-bond acceptors (Lipinski definition) is 3. The quantitative estimate of drug-likeness (QED) is 0.619. The van der Waals surface area contributed by atoms with Crippen molar-refractivity contribution in [1.82, 2.24) is 5.32 Å². The Labute approximate surface area is 130 Å². The van der Waals surface area contributed by atoms with Crippen molar-refractivity contribution in [1.29, 1.82) is 0 Å². The van der Waals surface area contributed by atoms with Crippen LogP contribution in [0, 0.1) is 0 Å². The van der Waals surface area contributed by atoms with Gasteiger partial charge in [-0.15, -0.1) is 0 Å². The summed E-state index contributed by atoms with van der Waals surface area (Å²) in [5.41, 5.74) is 7.47. The van der Waals surface area contributed by atoms with Crippen molar-refractivity contribution in [2.75, 3.05) is 5.73 Å². The van der Waals surface area contributed by atoms with Gasteiger partial charge in [0.2, 0.25) is 0 Å². The second kappa shape index (κ2) is 7.87. The summed E-state index contributed by atoms with van der Waals surface area (Å²) >= 11 is 6.77. The minimum atomic E-state index is -0.818. The van der Waals surface area contributed by atoms with Gasteiger partial charge < -0.3 is 16.2 Å². The Bertz CT molecular complexity index is 453. The first-order valence-corrected chi connectivity index (χ1v) is 7.73. The molecule has 106 valence electrons. The smallest absolute Gasteiger partial charge is 0.320 e. The maximum absolute atomic E-state index is 11.1. The molecule has 4 N–H and O–H groups in total. The van der Waals surface area contributed by atoms with Gasteiger partial charge in [0.15, 0.2) is 0 Å². The van der Waals surface area contributed by atoms with Crippen LogP contribution in [-0.2, 0) is 11.3 Å². The van der Waals surface area contributed by atoms with E-state index in [1.807, 2.05) is 19.1 Å². The minimum absolute atomic E-state index is 0.435. The monoisotopic (exact) mass is 392 g/mol. The number of halogens is 2. The normalized spacial score (nSPS) is 12.4. The number of nitrogen functional groups attached to an aromatic ring is 1. The molecule has 1 aromatic rings. The van der Waals surface area contributed by atoms with Gasteiger partial charge in [-0.2, -0.15) is 0 Å². The van der Waals surface area contributed by atoms with Crippen molar-refractivity contribution in [3.8, 4) is 0 Å². The van der Waals surface area contributed by atoms with E-state index in [2.05, 4.69) is 37.2 Å². The first-order valence-electron chi connectivity index (χ1n) is 6.15. The van der Waals surface area contributed by atoms with Crippen molar-refractivity contribution < 1.29 is 9.90 Å². The van der Waals surface area contributed by atoms with E-state index in [-0.39, 0.29) is 0 Å². The summed E-state index contributed by atoms with van der Waals surface area (Å²) in [4.78, 5) is 11.1. The van der Waals surface area contributed by atoms with E-state index in [9.17, 15) is 4.79 Å². The van der Waals surface area contributed by atoms with E-state index in [0.717, 1.165) is 27.4 Å². The largest absolute Gasteiger partial charge is 0.480 e. The zero-order valence-electron chi connectivity index (χ0n) is 10.7. The number of carboxylic acid groups (broad SMARTS) is 1. The summed E-state index contributed by atoms with van der Waals surface area (Å²) in [7, 11) is 0. The number of nitrogens with two attached hydrogens (primary N) is 1. The van der Waals surface area contributed by atoms with E-state index >= 15 is 0 Å². The SMILES string of the molecule is CCCCC(NCc1cc(Br)cc(Br)c1N)C(=O)O. The predicted octanol–water partition coefficient (Wildman–Crippen LogP) is 3.53. The minimum Gasteiger partial charge on any atom is -0.480 e. The van der Waals surface area contributed by atoms with Crippen LogP contribution in [0.4, 0.5) is 5.69 Å². The molecule has 0 aliphatic rings. The van der Waals surface area contributed by atoms with Gasteiger partial charge in [-0.1, -0.05) is 35.7 Å². The fourth-order valence-corrected chi connectivity index (χ4v) is 3.05. The zero-order chi connectivity index (χ0) is 14.4. The Morgan fingerprint density at radius 1 is 1.47 bits per heavy atom. The van der Waals surface area contributed by atoms with Crippen molar-refractivity contribution >= 4 is 43.5 Å². The molecular weight excluding hydrogens is 376 g/mol. The number of unbranched alkanes of at least 4 members (excludes halogenated alkanes) is 1. The zero-order valence-corrected chi connectivity index (χ0v) is 13.9. The van der Waals surface area contributed by atoms with E-state index in [1.54, 1.807) is 0 Å². The molecule has 0 fully saturated rings. The number of benzene rings is 1. The summed E-state index contributed by atoms with van der Waals surface area (Å²) in [5, 5.41) is 12.2. The Hall–Kier alpha value is -0.590. The number of carbonyl (C=O) groups is 1. The maximum atomic E-state index is 11.1. The van der Waals surface area contributed by atoms with Crippen LogP contribution in [0.15, 0.2) is 21.1 Å². The molecule has 0 saturated heterocycles. The molecule has 0 radical (unpaired) electrons. The lowest BCUT2D eigenvalue weighted by Gasteiger charge is -2.15. The van der Waals surface area contributed by atoms with Crippen LogP contribution in [0.3, 0.4) is 0 Å². The first-order chi connectivity index (χ1) is 8.95. The molecule has 0 spiro atoms. The molecule has 4 nitrogen and oxygen atoms in total. The van der Waals surface area contributed by atoms with E-state index < -0.39 is 12.0 Å². The predicted molar refractivity (Wildman–Crippen MR) is 84.0 cm³/mol. The molecule has 0 amide bonds. The Morgan fingerprint density at radius 2 is 2.16 bits per heavy atom. The lowest BCUT2D eigenvalue weighted by Crippen LogP contribution is -2.36. The van der Waals surface area contributed by atoms with Crippen molar-refractivity contribution in [2.24, 2.45) is 0 Å². The summed E-state index contributed by atoms with van der Waals surface area (Å²) in [6.07, 6.45) is 2.50. The van der Waals surface area contributed by atoms with Crippen LogP contribution < -0.4 is 11.1 Å². The van der Waals surface area contributed by atoms with Gasteiger partial charge in [0.05, 0.1) is 5.69 Å². The second-order valence-corrected chi connectivity index (χ2v) is 6.14.